The molecule has 1 saturated carbocycles. The summed E-state index contributed by atoms with van der Waals surface area (Å²) in [5.74, 6) is -0.0149. The van der Waals surface area contributed by atoms with Crippen LogP contribution in [0.1, 0.15) is 32.1 Å². The minimum atomic E-state index is -3.50. The Kier molecular flexibility index (Phi) is 4.94. The van der Waals surface area contributed by atoms with Gasteiger partial charge in [0.25, 0.3) is 0 Å². The largest absolute Gasteiger partial charge is 0.340 e. The van der Waals surface area contributed by atoms with Crippen LogP contribution in [0.25, 0.3) is 0 Å². The SMILES string of the molecule is NC1(C(=O)N2CCCN(S(=O)(=O)c3ccccc3)CC2)CCCC1. The van der Waals surface area contributed by atoms with Gasteiger partial charge in [-0.05, 0) is 31.4 Å². The lowest BCUT2D eigenvalue weighted by Gasteiger charge is -2.30. The van der Waals surface area contributed by atoms with Gasteiger partial charge in [-0.25, -0.2) is 8.42 Å². The van der Waals surface area contributed by atoms with Crippen LogP contribution >= 0.6 is 0 Å². The van der Waals surface area contributed by atoms with Gasteiger partial charge in [-0.1, -0.05) is 31.0 Å². The third-order valence-electron chi connectivity index (χ3n) is 5.04. The molecule has 1 saturated heterocycles. The van der Waals surface area contributed by atoms with Crippen molar-refractivity contribution in [2.75, 3.05) is 26.2 Å². The van der Waals surface area contributed by atoms with Crippen LogP contribution in [0, 0.1) is 0 Å². The predicted molar refractivity (Wildman–Crippen MR) is 91.8 cm³/mol. The molecule has 0 aromatic heterocycles. The molecular formula is C17H25N3O3S. The van der Waals surface area contributed by atoms with Crippen LogP contribution in [0.2, 0.25) is 0 Å². The Labute approximate surface area is 143 Å². The highest BCUT2D eigenvalue weighted by Crippen LogP contribution is 2.29. The van der Waals surface area contributed by atoms with Crippen molar-refractivity contribution in [3.63, 3.8) is 0 Å². The lowest BCUT2D eigenvalue weighted by Crippen LogP contribution is -2.54. The number of sulfonamides is 1. The van der Waals surface area contributed by atoms with Gasteiger partial charge in [0.1, 0.15) is 0 Å². The van der Waals surface area contributed by atoms with E-state index >= 15 is 0 Å². The molecule has 1 aliphatic carbocycles. The van der Waals surface area contributed by atoms with Crippen LogP contribution in [0.5, 0.6) is 0 Å². The molecule has 3 rings (SSSR count). The number of carbonyl (C=O) groups is 1. The maximum atomic E-state index is 12.7. The first kappa shape index (κ1) is 17.4. The fraction of sp³-hybridized carbons (Fsp3) is 0.588. The molecule has 1 amide bonds. The van der Waals surface area contributed by atoms with Gasteiger partial charge in [-0.2, -0.15) is 4.31 Å². The third kappa shape index (κ3) is 3.34. The molecule has 0 atom stereocenters. The average Bonchev–Trinajstić information content (AvgIpc) is 2.89. The van der Waals surface area contributed by atoms with Crippen molar-refractivity contribution in [2.45, 2.75) is 42.5 Å². The summed E-state index contributed by atoms with van der Waals surface area (Å²) >= 11 is 0. The molecule has 0 bridgehead atoms. The first-order valence-corrected chi connectivity index (χ1v) is 10.0. The normalized spacial score (nSPS) is 22.3. The number of amides is 1. The Morgan fingerprint density at radius 1 is 0.958 bits per heavy atom. The molecule has 1 aromatic carbocycles. The van der Waals surface area contributed by atoms with E-state index < -0.39 is 15.6 Å². The Morgan fingerprint density at radius 2 is 1.62 bits per heavy atom. The highest BCUT2D eigenvalue weighted by molar-refractivity contribution is 7.89. The van der Waals surface area contributed by atoms with Crippen LogP contribution < -0.4 is 5.73 Å². The summed E-state index contributed by atoms with van der Waals surface area (Å²) in [5, 5.41) is 0. The molecule has 7 heteroatoms. The number of benzene rings is 1. The molecule has 1 aliphatic heterocycles. The van der Waals surface area contributed by atoms with E-state index in [1.807, 2.05) is 0 Å². The number of rotatable bonds is 3. The number of nitrogens with two attached hydrogens (primary N) is 1. The second-order valence-corrected chi connectivity index (χ2v) is 8.66. The average molecular weight is 351 g/mol. The predicted octanol–water partition coefficient (Wildman–Crippen LogP) is 1.18. The van der Waals surface area contributed by atoms with E-state index in [2.05, 4.69) is 0 Å². The second kappa shape index (κ2) is 6.82. The molecule has 24 heavy (non-hydrogen) atoms. The van der Waals surface area contributed by atoms with Crippen molar-refractivity contribution < 1.29 is 13.2 Å². The van der Waals surface area contributed by atoms with Crippen molar-refractivity contribution in [2.24, 2.45) is 5.73 Å². The summed E-state index contributed by atoms with van der Waals surface area (Å²) in [7, 11) is -3.50. The molecule has 1 aromatic rings. The van der Waals surface area contributed by atoms with E-state index in [4.69, 9.17) is 5.73 Å². The number of carbonyl (C=O) groups excluding carboxylic acids is 1. The van der Waals surface area contributed by atoms with E-state index in [0.29, 0.717) is 37.5 Å². The molecule has 132 valence electrons. The molecule has 1 heterocycles. The molecule has 2 N–H and O–H groups in total. The van der Waals surface area contributed by atoms with Gasteiger partial charge in [0.05, 0.1) is 10.4 Å². The van der Waals surface area contributed by atoms with Gasteiger partial charge in [-0.3, -0.25) is 4.79 Å². The topological polar surface area (TPSA) is 83.7 Å². The lowest BCUT2D eigenvalue weighted by molar-refractivity contribution is -0.136. The quantitative estimate of drug-likeness (QED) is 0.886. The lowest BCUT2D eigenvalue weighted by atomic mass is 9.97. The second-order valence-electron chi connectivity index (χ2n) is 6.73. The van der Waals surface area contributed by atoms with Crippen LogP contribution in [-0.4, -0.2) is 55.2 Å². The fourth-order valence-corrected chi connectivity index (χ4v) is 5.10. The first-order valence-electron chi connectivity index (χ1n) is 8.57. The van der Waals surface area contributed by atoms with Crippen LogP contribution in [0.4, 0.5) is 0 Å². The summed E-state index contributed by atoms with van der Waals surface area (Å²) in [6.07, 6.45) is 4.08. The first-order chi connectivity index (χ1) is 11.4. The van der Waals surface area contributed by atoms with Gasteiger partial charge in [0.15, 0.2) is 0 Å². The van der Waals surface area contributed by atoms with E-state index in [1.165, 1.54) is 4.31 Å². The minimum absolute atomic E-state index is 0.0149. The molecular weight excluding hydrogens is 326 g/mol. The van der Waals surface area contributed by atoms with Crippen LogP contribution in [0.3, 0.4) is 0 Å². The number of hydrogen-bond donors (Lipinski definition) is 1. The van der Waals surface area contributed by atoms with Gasteiger partial charge in [0.2, 0.25) is 15.9 Å². The zero-order valence-electron chi connectivity index (χ0n) is 13.9. The van der Waals surface area contributed by atoms with Gasteiger partial charge < -0.3 is 10.6 Å². The molecule has 0 spiro atoms. The van der Waals surface area contributed by atoms with Gasteiger partial charge in [0, 0.05) is 26.2 Å². The van der Waals surface area contributed by atoms with Crippen LogP contribution in [0.15, 0.2) is 35.2 Å². The Bertz CT molecular complexity index is 684. The van der Waals surface area contributed by atoms with E-state index in [9.17, 15) is 13.2 Å². The van der Waals surface area contributed by atoms with E-state index in [-0.39, 0.29) is 5.91 Å². The van der Waals surface area contributed by atoms with Gasteiger partial charge >= 0.3 is 0 Å². The molecule has 0 unspecified atom stereocenters. The minimum Gasteiger partial charge on any atom is -0.340 e. The van der Waals surface area contributed by atoms with E-state index in [1.54, 1.807) is 35.2 Å². The summed E-state index contributed by atoms with van der Waals surface area (Å²) in [6, 6.07) is 8.45. The maximum Gasteiger partial charge on any atom is 0.243 e. The highest BCUT2D eigenvalue weighted by Gasteiger charge is 2.40. The monoisotopic (exact) mass is 351 g/mol. The fourth-order valence-electron chi connectivity index (χ4n) is 3.61. The van der Waals surface area contributed by atoms with Gasteiger partial charge in [-0.15, -0.1) is 0 Å². The summed E-state index contributed by atoms with van der Waals surface area (Å²) in [6.45, 7) is 1.72. The summed E-state index contributed by atoms with van der Waals surface area (Å²) < 4.78 is 26.9. The van der Waals surface area contributed by atoms with Crippen molar-refractivity contribution in [3.05, 3.63) is 30.3 Å². The van der Waals surface area contributed by atoms with Crippen LogP contribution in [-0.2, 0) is 14.8 Å². The standard InChI is InChI=1S/C17H25N3O3S/c18-17(9-4-5-10-17)16(21)19-11-6-12-20(14-13-19)24(22,23)15-7-2-1-3-8-15/h1-3,7-8H,4-6,9-14,18H2. The third-order valence-corrected chi connectivity index (χ3v) is 6.96. The van der Waals surface area contributed by atoms with Crippen molar-refractivity contribution in [3.8, 4) is 0 Å². The number of nitrogens with zero attached hydrogens (tertiary/aromatic N) is 2. The smallest absolute Gasteiger partial charge is 0.243 e. The molecule has 2 fully saturated rings. The Hall–Kier alpha value is -1.44. The number of hydrogen-bond acceptors (Lipinski definition) is 4. The zero-order valence-corrected chi connectivity index (χ0v) is 14.7. The molecule has 2 aliphatic rings. The summed E-state index contributed by atoms with van der Waals surface area (Å²) in [5.41, 5.74) is 5.53. The zero-order chi connectivity index (χ0) is 17.2. The van der Waals surface area contributed by atoms with E-state index in [0.717, 1.165) is 25.7 Å². The maximum absolute atomic E-state index is 12.7. The summed E-state index contributed by atoms with van der Waals surface area (Å²) in [4.78, 5) is 14.8. The Morgan fingerprint density at radius 3 is 2.29 bits per heavy atom. The van der Waals surface area contributed by atoms with Crippen molar-refractivity contribution >= 4 is 15.9 Å². The van der Waals surface area contributed by atoms with Crippen molar-refractivity contribution in [1.29, 1.82) is 0 Å². The van der Waals surface area contributed by atoms with Crippen molar-refractivity contribution in [1.82, 2.24) is 9.21 Å². The molecule has 6 nitrogen and oxygen atoms in total. The molecule has 0 radical (unpaired) electrons. The highest BCUT2D eigenvalue weighted by atomic mass is 32.2. The Balaban J connectivity index is 1.70.